The van der Waals surface area contributed by atoms with Crippen molar-refractivity contribution >= 4 is 53.8 Å². The average Bonchev–Trinajstić information content (AvgIpc) is 2.04. The number of para-hydroxylation sites is 1. The molecular formula is C8H4Br3O2. The van der Waals surface area contributed by atoms with Crippen molar-refractivity contribution in [3.05, 3.63) is 30.3 Å². The van der Waals surface area contributed by atoms with E-state index in [2.05, 4.69) is 53.9 Å². The van der Waals surface area contributed by atoms with Crippen molar-refractivity contribution < 1.29 is 9.53 Å². The molecule has 1 aromatic rings. The first-order chi connectivity index (χ1) is 6.00. The van der Waals surface area contributed by atoms with E-state index in [-0.39, 0.29) is 0 Å². The number of hydrogen-bond acceptors (Lipinski definition) is 2. The summed E-state index contributed by atoms with van der Waals surface area (Å²) in [4.78, 5) is 11.3. The van der Waals surface area contributed by atoms with Gasteiger partial charge in [-0.05, 0) is 53.9 Å². The van der Waals surface area contributed by atoms with Gasteiger partial charge in [0.15, 0.2) is 0 Å². The highest BCUT2D eigenvalue weighted by atomic mass is 80.0. The SMILES string of the molecule is O=C(Oc1[c]cccc1)C(Br)(Br)Br. The zero-order valence-corrected chi connectivity index (χ0v) is 11.0. The number of benzene rings is 1. The number of rotatable bonds is 1. The molecule has 0 aromatic heterocycles. The minimum atomic E-state index is -1.03. The Morgan fingerprint density at radius 3 is 2.54 bits per heavy atom. The van der Waals surface area contributed by atoms with Gasteiger partial charge in [0.05, 0.1) is 0 Å². The van der Waals surface area contributed by atoms with Crippen LogP contribution >= 0.6 is 47.8 Å². The molecule has 0 amide bonds. The molecule has 1 aromatic carbocycles. The Bertz CT molecular complexity index is 292. The van der Waals surface area contributed by atoms with Gasteiger partial charge >= 0.3 is 5.97 Å². The molecule has 0 bridgehead atoms. The molecule has 1 rings (SSSR count). The van der Waals surface area contributed by atoms with Crippen molar-refractivity contribution in [3.63, 3.8) is 0 Å². The van der Waals surface area contributed by atoms with Crippen molar-refractivity contribution in [2.45, 2.75) is 2.14 Å². The summed E-state index contributed by atoms with van der Waals surface area (Å²) >= 11 is 9.14. The fraction of sp³-hybridized carbons (Fsp3) is 0.125. The van der Waals surface area contributed by atoms with Crippen LogP contribution in [0, 0.1) is 6.07 Å². The molecule has 1 radical (unpaired) electrons. The lowest BCUT2D eigenvalue weighted by atomic mass is 10.3. The quantitative estimate of drug-likeness (QED) is 0.430. The molecule has 5 heteroatoms. The zero-order chi connectivity index (χ0) is 9.90. The Hall–Kier alpha value is 0.130. The predicted molar refractivity (Wildman–Crippen MR) is 60.4 cm³/mol. The van der Waals surface area contributed by atoms with E-state index < -0.39 is 8.11 Å². The second-order valence-electron chi connectivity index (χ2n) is 2.11. The van der Waals surface area contributed by atoms with E-state index in [1.165, 1.54) is 0 Å². The van der Waals surface area contributed by atoms with Crippen molar-refractivity contribution in [2.75, 3.05) is 0 Å². The average molecular weight is 372 g/mol. The van der Waals surface area contributed by atoms with Gasteiger partial charge in [0.2, 0.25) is 2.14 Å². The number of carbonyl (C=O) groups excluding carboxylic acids is 1. The standard InChI is InChI=1S/C8H4Br3O2/c9-8(10,11)7(12)13-6-4-2-1-3-5-6/h1-4H. The Morgan fingerprint density at radius 1 is 1.38 bits per heavy atom. The van der Waals surface area contributed by atoms with Crippen LogP contribution < -0.4 is 4.74 Å². The Labute approximate surface area is 101 Å². The van der Waals surface area contributed by atoms with Crippen LogP contribution in [0.3, 0.4) is 0 Å². The van der Waals surface area contributed by atoms with Gasteiger partial charge < -0.3 is 4.74 Å². The van der Waals surface area contributed by atoms with Crippen LogP contribution in [-0.4, -0.2) is 8.11 Å². The normalized spacial score (nSPS) is 11.0. The summed E-state index contributed by atoms with van der Waals surface area (Å²) in [5, 5.41) is 0. The smallest absolute Gasteiger partial charge is 0.350 e. The third-order valence-electron chi connectivity index (χ3n) is 1.11. The van der Waals surface area contributed by atoms with Crippen LogP contribution in [-0.2, 0) is 4.79 Å². The molecular weight excluding hydrogens is 368 g/mol. The molecule has 0 atom stereocenters. The second-order valence-corrected chi connectivity index (χ2v) is 8.88. The van der Waals surface area contributed by atoms with E-state index in [9.17, 15) is 4.79 Å². The van der Waals surface area contributed by atoms with Crippen molar-refractivity contribution in [3.8, 4) is 5.75 Å². The monoisotopic (exact) mass is 369 g/mol. The van der Waals surface area contributed by atoms with Gasteiger partial charge in [-0.2, -0.15) is 0 Å². The van der Waals surface area contributed by atoms with Crippen molar-refractivity contribution in [1.82, 2.24) is 0 Å². The van der Waals surface area contributed by atoms with Crippen LogP contribution in [0.25, 0.3) is 0 Å². The Kier molecular flexibility index (Phi) is 3.94. The molecule has 0 unspecified atom stereocenters. The summed E-state index contributed by atoms with van der Waals surface area (Å²) in [5.41, 5.74) is 0. The minimum Gasteiger partial charge on any atom is -0.424 e. The number of alkyl halides is 3. The Morgan fingerprint density at radius 2 is 2.08 bits per heavy atom. The predicted octanol–water partition coefficient (Wildman–Crippen LogP) is 3.23. The van der Waals surface area contributed by atoms with Gasteiger partial charge in [-0.3, -0.25) is 0 Å². The topological polar surface area (TPSA) is 26.3 Å². The number of hydrogen-bond donors (Lipinski definition) is 0. The summed E-state index contributed by atoms with van der Waals surface area (Å²) in [6, 6.07) is 9.64. The van der Waals surface area contributed by atoms with Gasteiger partial charge in [-0.1, -0.05) is 18.2 Å². The lowest BCUT2D eigenvalue weighted by Gasteiger charge is -2.10. The third-order valence-corrected chi connectivity index (χ3v) is 2.09. The number of carbonyl (C=O) groups is 1. The van der Waals surface area contributed by atoms with E-state index in [0.29, 0.717) is 5.75 Å². The van der Waals surface area contributed by atoms with E-state index in [0.717, 1.165) is 0 Å². The number of ether oxygens (including phenoxy) is 1. The van der Waals surface area contributed by atoms with Crippen LogP contribution in [0.5, 0.6) is 5.75 Å². The van der Waals surface area contributed by atoms with Gasteiger partial charge in [-0.15, -0.1) is 0 Å². The molecule has 0 N–H and O–H groups in total. The van der Waals surface area contributed by atoms with E-state index in [1.807, 2.05) is 0 Å². The number of esters is 1. The third kappa shape index (κ3) is 3.79. The maximum Gasteiger partial charge on any atom is 0.350 e. The molecule has 0 aliphatic carbocycles. The molecule has 13 heavy (non-hydrogen) atoms. The highest BCUT2D eigenvalue weighted by molar-refractivity contribution is 9.40. The zero-order valence-electron chi connectivity index (χ0n) is 6.26. The first-order valence-electron chi connectivity index (χ1n) is 3.26. The lowest BCUT2D eigenvalue weighted by Crippen LogP contribution is -2.23. The van der Waals surface area contributed by atoms with E-state index in [1.54, 1.807) is 24.3 Å². The van der Waals surface area contributed by atoms with E-state index >= 15 is 0 Å². The van der Waals surface area contributed by atoms with Gasteiger partial charge in [0.25, 0.3) is 0 Å². The van der Waals surface area contributed by atoms with Crippen molar-refractivity contribution in [2.24, 2.45) is 0 Å². The highest BCUT2D eigenvalue weighted by Crippen LogP contribution is 2.34. The minimum absolute atomic E-state index is 0.384. The molecule has 0 aliphatic heterocycles. The molecule has 2 nitrogen and oxygen atoms in total. The molecule has 0 saturated heterocycles. The van der Waals surface area contributed by atoms with Gasteiger partial charge in [-0.25, -0.2) is 4.79 Å². The molecule has 0 aliphatic rings. The van der Waals surface area contributed by atoms with Crippen LogP contribution in [0.4, 0.5) is 0 Å². The lowest BCUT2D eigenvalue weighted by molar-refractivity contribution is -0.132. The first-order valence-corrected chi connectivity index (χ1v) is 5.64. The summed E-state index contributed by atoms with van der Waals surface area (Å²) in [6.07, 6.45) is 0. The van der Waals surface area contributed by atoms with Gasteiger partial charge in [0.1, 0.15) is 5.75 Å². The summed E-state index contributed by atoms with van der Waals surface area (Å²) in [5.74, 6) is -0.106. The molecule has 69 valence electrons. The van der Waals surface area contributed by atoms with Crippen LogP contribution in [0.15, 0.2) is 24.3 Å². The maximum atomic E-state index is 11.3. The maximum absolute atomic E-state index is 11.3. The molecule has 0 saturated carbocycles. The summed E-state index contributed by atoms with van der Waals surface area (Å²) in [6.45, 7) is 0. The Balaban J connectivity index is 2.66. The van der Waals surface area contributed by atoms with Crippen molar-refractivity contribution in [1.29, 1.82) is 0 Å². The largest absolute Gasteiger partial charge is 0.424 e. The highest BCUT2D eigenvalue weighted by Gasteiger charge is 2.30. The first kappa shape index (κ1) is 11.2. The van der Waals surface area contributed by atoms with Crippen LogP contribution in [0.2, 0.25) is 0 Å². The second kappa shape index (κ2) is 4.57. The summed E-state index contributed by atoms with van der Waals surface area (Å²) in [7, 11) is 0. The molecule has 0 spiro atoms. The fourth-order valence-electron chi connectivity index (χ4n) is 0.598. The van der Waals surface area contributed by atoms with Gasteiger partial charge in [0, 0.05) is 6.07 Å². The molecule has 0 fully saturated rings. The summed E-state index contributed by atoms with van der Waals surface area (Å²) < 4.78 is 3.91. The van der Waals surface area contributed by atoms with E-state index in [4.69, 9.17) is 4.74 Å². The van der Waals surface area contributed by atoms with Crippen LogP contribution in [0.1, 0.15) is 0 Å². The number of halogens is 3. The fourth-order valence-corrected chi connectivity index (χ4v) is 0.841. The molecule has 0 heterocycles.